The molecule has 2 aromatic heterocycles. The Hall–Kier alpha value is -2.73. The number of hydrogen-bond donors (Lipinski definition) is 1. The Kier molecular flexibility index (Phi) is 10.7. The molecule has 0 saturated heterocycles. The Balaban J connectivity index is 0.000000239. The molecule has 2 heterocycles. The van der Waals surface area contributed by atoms with Crippen LogP contribution < -0.4 is 4.40 Å². The SMILES string of the molecule is CCC(CC)C(=O)/C=C(\O)C(CC)CC.Cc1oc2[c]([Ge]([CH3])([CH3])[CH3])cc3ccnc4c5[c-]c6ccccc6cc5c1c2c34.[Ir]. The minimum Gasteiger partial charge on any atom is 0 e. The maximum atomic E-state index is 11.7. The molecule has 0 aliphatic rings. The van der Waals surface area contributed by atoms with Gasteiger partial charge in [-0.25, -0.2) is 0 Å². The van der Waals surface area contributed by atoms with E-state index in [4.69, 9.17) is 9.40 Å². The summed E-state index contributed by atoms with van der Waals surface area (Å²) in [6.45, 7) is 10.2. The van der Waals surface area contributed by atoms with Gasteiger partial charge in [0.2, 0.25) is 0 Å². The molecule has 0 fully saturated rings. The van der Waals surface area contributed by atoms with Crippen LogP contribution in [0.3, 0.4) is 0 Å². The summed E-state index contributed by atoms with van der Waals surface area (Å²) >= 11 is -2.12. The standard InChI is InChI=1S/C25H20GeNO.C13H24O2.Ir/c1-14-21-18-11-15-7-5-6-8-16(15)12-19(18)24-22-17(9-10-27-24)13-20(26(2,3)4)25(28-14)23(21)22;1-5-10(6-2)12(14)9-13(15)11(7-3)8-4;/h5-11,13H,1-4H3;9-11,14H,5-8H2,1-4H3;/q-1;;/b;12-9-;. The average Bonchev–Trinajstić information content (AvgIpc) is 3.33. The van der Waals surface area contributed by atoms with Gasteiger partial charge in [0, 0.05) is 38.0 Å². The first-order valence-corrected chi connectivity index (χ1v) is 23.1. The molecule has 1 N–H and O–H groups in total. The van der Waals surface area contributed by atoms with E-state index in [1.54, 1.807) is 0 Å². The Labute approximate surface area is 277 Å². The number of ketones is 1. The first kappa shape index (κ1) is 34.2. The van der Waals surface area contributed by atoms with Gasteiger partial charge in [-0.15, -0.1) is 0 Å². The molecule has 4 nitrogen and oxygen atoms in total. The van der Waals surface area contributed by atoms with Crippen LogP contribution in [-0.4, -0.2) is 29.1 Å². The van der Waals surface area contributed by atoms with Gasteiger partial charge in [-0.2, -0.15) is 0 Å². The van der Waals surface area contributed by atoms with Crippen LogP contribution in [0, 0.1) is 24.8 Å². The number of aryl methyl sites for hydroxylation is 1. The monoisotopic (exact) mass is 829 g/mol. The quantitative estimate of drug-likeness (QED) is 0.0415. The largest absolute Gasteiger partial charge is 0 e. The van der Waals surface area contributed by atoms with Crippen molar-refractivity contribution in [2.45, 2.75) is 77.6 Å². The minimum atomic E-state index is -2.12. The summed E-state index contributed by atoms with van der Waals surface area (Å²) in [5, 5.41) is 19.3. The Morgan fingerprint density at radius 2 is 1.59 bits per heavy atom. The summed E-state index contributed by atoms with van der Waals surface area (Å²) in [4.78, 5) is 16.5. The van der Waals surface area contributed by atoms with Crippen molar-refractivity contribution in [3.63, 3.8) is 0 Å². The average molecular weight is 828 g/mol. The van der Waals surface area contributed by atoms with E-state index in [2.05, 4.69) is 72.7 Å². The number of furan rings is 1. The smallest absolute Gasteiger partial charge is 0 e. The summed E-state index contributed by atoms with van der Waals surface area (Å²) in [6, 6.07) is 18.9. The molecule has 1 radical (unpaired) electrons. The topological polar surface area (TPSA) is 63.3 Å². The molecule has 6 aromatic rings. The molecule has 4 aromatic carbocycles. The van der Waals surface area contributed by atoms with Crippen molar-refractivity contribution >= 4 is 77.6 Å². The maximum Gasteiger partial charge on any atom is 0 e. The number of rotatable bonds is 8. The molecule has 0 spiro atoms. The molecule has 0 atom stereocenters. The Morgan fingerprint density at radius 1 is 0.932 bits per heavy atom. The van der Waals surface area contributed by atoms with Crippen LogP contribution in [0.5, 0.6) is 0 Å². The first-order valence-electron chi connectivity index (χ1n) is 15.8. The fraction of sp³-hybridized carbons (Fsp3) is 0.368. The van der Waals surface area contributed by atoms with E-state index in [0.29, 0.717) is 0 Å². The van der Waals surface area contributed by atoms with Crippen LogP contribution >= 0.6 is 0 Å². The molecule has 0 aliphatic heterocycles. The van der Waals surface area contributed by atoms with Crippen molar-refractivity contribution in [3.8, 4) is 0 Å². The van der Waals surface area contributed by atoms with E-state index in [1.807, 2.05) is 33.9 Å². The van der Waals surface area contributed by atoms with Gasteiger partial charge < -0.3 is 5.11 Å². The molecule has 0 saturated carbocycles. The molecule has 0 unspecified atom stereocenters. The van der Waals surface area contributed by atoms with Crippen LogP contribution in [0.1, 0.15) is 59.1 Å². The van der Waals surface area contributed by atoms with Gasteiger partial charge in [-0.05, 0) is 25.7 Å². The van der Waals surface area contributed by atoms with Gasteiger partial charge in [0.25, 0.3) is 0 Å². The van der Waals surface area contributed by atoms with Crippen molar-refractivity contribution in [2.75, 3.05) is 0 Å². The molecular weight excluding hydrogens is 783 g/mol. The molecule has 44 heavy (non-hydrogen) atoms. The van der Waals surface area contributed by atoms with Crippen molar-refractivity contribution in [2.24, 2.45) is 11.8 Å². The predicted molar refractivity (Wildman–Crippen MR) is 186 cm³/mol. The number of pyridine rings is 1. The molecule has 6 heteroatoms. The summed E-state index contributed by atoms with van der Waals surface area (Å²) in [5.41, 5.74) is 2.12. The molecule has 0 bridgehead atoms. The first-order chi connectivity index (χ1) is 20.5. The second-order valence-electron chi connectivity index (χ2n) is 12.8. The normalized spacial score (nSPS) is 12.5. The van der Waals surface area contributed by atoms with Crippen LogP contribution in [0.25, 0.3) is 54.2 Å². The number of carbonyl (C=O) groups excluding carboxylic acids is 1. The summed E-state index contributed by atoms with van der Waals surface area (Å²) in [7, 11) is 0. The van der Waals surface area contributed by atoms with E-state index in [1.165, 1.54) is 42.8 Å². The number of aliphatic hydroxyl groups is 1. The van der Waals surface area contributed by atoms with Crippen LogP contribution in [-0.2, 0) is 24.9 Å². The van der Waals surface area contributed by atoms with Crippen molar-refractivity contribution in [3.05, 3.63) is 72.3 Å². The third kappa shape index (κ3) is 6.21. The van der Waals surface area contributed by atoms with E-state index in [9.17, 15) is 9.90 Å². The number of hydrogen-bond acceptors (Lipinski definition) is 4. The zero-order valence-corrected chi connectivity index (χ0v) is 31.7. The number of aromatic nitrogens is 1. The van der Waals surface area contributed by atoms with Gasteiger partial charge in [0.1, 0.15) is 0 Å². The van der Waals surface area contributed by atoms with E-state index in [-0.39, 0.29) is 43.5 Å². The van der Waals surface area contributed by atoms with E-state index < -0.39 is 13.3 Å². The number of fused-ring (bicyclic) bond motifs is 4. The summed E-state index contributed by atoms with van der Waals surface area (Å²) in [6.07, 6.45) is 6.84. The molecule has 6 rings (SSSR count). The Morgan fingerprint density at radius 3 is 2.23 bits per heavy atom. The number of allylic oxidation sites excluding steroid dienone is 2. The molecular formula is C38H44GeIrNO3-. The van der Waals surface area contributed by atoms with Gasteiger partial charge in [0.05, 0.1) is 5.76 Å². The van der Waals surface area contributed by atoms with Crippen molar-refractivity contribution in [1.82, 2.24) is 4.98 Å². The third-order valence-corrected chi connectivity index (χ3v) is 13.2. The van der Waals surface area contributed by atoms with Gasteiger partial charge in [-0.1, -0.05) is 27.7 Å². The molecule has 233 valence electrons. The third-order valence-electron chi connectivity index (χ3n) is 9.05. The van der Waals surface area contributed by atoms with Crippen molar-refractivity contribution in [1.29, 1.82) is 0 Å². The summed E-state index contributed by atoms with van der Waals surface area (Å²) < 4.78 is 7.90. The van der Waals surface area contributed by atoms with Gasteiger partial charge in [0.15, 0.2) is 5.78 Å². The van der Waals surface area contributed by atoms with E-state index in [0.717, 1.165) is 53.3 Å². The zero-order valence-electron chi connectivity index (χ0n) is 27.2. The Bertz CT molecular complexity index is 1960. The second-order valence-corrected chi connectivity index (χ2v) is 23.4. The van der Waals surface area contributed by atoms with Crippen molar-refractivity contribution < 1.29 is 34.4 Å². The fourth-order valence-electron chi connectivity index (χ4n) is 6.45. The number of carbonyl (C=O) groups is 1. The minimum absolute atomic E-state index is 0. The van der Waals surface area contributed by atoms with Gasteiger partial charge in [-0.3, -0.25) is 4.79 Å². The van der Waals surface area contributed by atoms with Crippen LogP contribution in [0.4, 0.5) is 0 Å². The fourth-order valence-corrected chi connectivity index (χ4v) is 9.49. The number of benzene rings is 4. The number of nitrogens with zero attached hydrogens (tertiary/aromatic N) is 1. The number of aliphatic hydroxyl groups excluding tert-OH is 1. The molecule has 0 amide bonds. The molecule has 0 aliphatic carbocycles. The van der Waals surface area contributed by atoms with Crippen LogP contribution in [0.15, 0.2) is 64.9 Å². The second kappa shape index (κ2) is 13.7. The van der Waals surface area contributed by atoms with E-state index >= 15 is 0 Å². The summed E-state index contributed by atoms with van der Waals surface area (Å²) in [5.74, 6) is 8.84. The van der Waals surface area contributed by atoms with Gasteiger partial charge >= 0.3 is 166 Å². The van der Waals surface area contributed by atoms with Crippen LogP contribution in [0.2, 0.25) is 17.3 Å². The predicted octanol–water partition coefficient (Wildman–Crippen LogP) is 10.4. The maximum absolute atomic E-state index is 11.7. The zero-order chi connectivity index (χ0) is 31.1.